The lowest BCUT2D eigenvalue weighted by Crippen LogP contribution is -2.03. The lowest BCUT2D eigenvalue weighted by Gasteiger charge is -2.11. The third-order valence-corrected chi connectivity index (χ3v) is 2.73. The van der Waals surface area contributed by atoms with E-state index in [1.54, 1.807) is 0 Å². The molecule has 6 heteroatoms. The molecule has 1 aromatic heterocycles. The summed E-state index contributed by atoms with van der Waals surface area (Å²) in [5, 5.41) is 3.68. The van der Waals surface area contributed by atoms with Crippen LogP contribution in [0.4, 0.5) is 5.82 Å². The standard InChI is InChI=1S/C14H16N4O2/c1-3-10-6-4-5-7-12(10)20-14-11(8-18-19-2)13(15)16-9-17-14/h4-9H,3H2,1-2H3,(H2,15,16,17)/b18-8+. The van der Waals surface area contributed by atoms with Crippen LogP contribution < -0.4 is 10.5 Å². The van der Waals surface area contributed by atoms with Crippen molar-refractivity contribution in [3.63, 3.8) is 0 Å². The molecule has 1 aromatic carbocycles. The van der Waals surface area contributed by atoms with Gasteiger partial charge in [0.15, 0.2) is 0 Å². The first-order valence-electron chi connectivity index (χ1n) is 6.19. The summed E-state index contributed by atoms with van der Waals surface area (Å²) in [4.78, 5) is 12.7. The van der Waals surface area contributed by atoms with Gasteiger partial charge in [0.2, 0.25) is 5.88 Å². The first kappa shape index (κ1) is 13.8. The first-order chi connectivity index (χ1) is 9.76. The Morgan fingerprint density at radius 2 is 2.10 bits per heavy atom. The van der Waals surface area contributed by atoms with E-state index in [4.69, 9.17) is 10.5 Å². The highest BCUT2D eigenvalue weighted by Crippen LogP contribution is 2.27. The molecule has 0 saturated carbocycles. The molecule has 0 fully saturated rings. The van der Waals surface area contributed by atoms with Crippen LogP contribution in [0.25, 0.3) is 0 Å². The van der Waals surface area contributed by atoms with Gasteiger partial charge in [-0.2, -0.15) is 0 Å². The smallest absolute Gasteiger partial charge is 0.233 e. The van der Waals surface area contributed by atoms with E-state index in [0.29, 0.717) is 11.4 Å². The quantitative estimate of drug-likeness (QED) is 0.667. The predicted molar refractivity (Wildman–Crippen MR) is 76.9 cm³/mol. The Morgan fingerprint density at radius 1 is 1.30 bits per heavy atom. The van der Waals surface area contributed by atoms with E-state index in [1.807, 2.05) is 24.3 Å². The third-order valence-electron chi connectivity index (χ3n) is 2.73. The fourth-order valence-corrected chi connectivity index (χ4v) is 1.70. The number of benzene rings is 1. The van der Waals surface area contributed by atoms with Gasteiger partial charge in [0, 0.05) is 0 Å². The largest absolute Gasteiger partial charge is 0.438 e. The molecule has 0 aliphatic carbocycles. The molecule has 2 rings (SSSR count). The summed E-state index contributed by atoms with van der Waals surface area (Å²) in [6.45, 7) is 2.06. The lowest BCUT2D eigenvalue weighted by atomic mass is 10.1. The fraction of sp³-hybridized carbons (Fsp3) is 0.214. The van der Waals surface area contributed by atoms with Gasteiger partial charge in [0.1, 0.15) is 30.6 Å². The number of anilines is 1. The second-order valence-corrected chi connectivity index (χ2v) is 3.96. The van der Waals surface area contributed by atoms with Crippen LogP contribution in [0, 0.1) is 0 Å². The van der Waals surface area contributed by atoms with E-state index in [2.05, 4.69) is 26.9 Å². The molecule has 0 aliphatic heterocycles. The number of nitrogens with two attached hydrogens (primary N) is 1. The third kappa shape index (κ3) is 3.03. The van der Waals surface area contributed by atoms with Gasteiger partial charge in [-0.3, -0.25) is 0 Å². The van der Waals surface area contributed by atoms with E-state index in [1.165, 1.54) is 19.7 Å². The molecule has 0 bridgehead atoms. The van der Waals surface area contributed by atoms with Gasteiger partial charge in [-0.25, -0.2) is 9.97 Å². The van der Waals surface area contributed by atoms with Gasteiger partial charge in [0.05, 0.1) is 6.21 Å². The van der Waals surface area contributed by atoms with Crippen LogP contribution in [0.5, 0.6) is 11.6 Å². The second kappa shape index (κ2) is 6.51. The SMILES string of the molecule is CCc1ccccc1Oc1ncnc(N)c1/C=N/OC. The highest BCUT2D eigenvalue weighted by atomic mass is 16.6. The molecule has 1 heterocycles. The average Bonchev–Trinajstić information content (AvgIpc) is 2.47. The number of oxime groups is 1. The van der Waals surface area contributed by atoms with Crippen LogP contribution in [0.15, 0.2) is 35.7 Å². The summed E-state index contributed by atoms with van der Waals surface area (Å²) in [6, 6.07) is 7.76. The van der Waals surface area contributed by atoms with Crippen molar-refractivity contribution in [1.29, 1.82) is 0 Å². The number of hydrogen-bond acceptors (Lipinski definition) is 6. The molecule has 104 valence electrons. The lowest BCUT2D eigenvalue weighted by molar-refractivity contribution is 0.215. The first-order valence-corrected chi connectivity index (χ1v) is 6.19. The molecule has 6 nitrogen and oxygen atoms in total. The van der Waals surface area contributed by atoms with Gasteiger partial charge >= 0.3 is 0 Å². The van der Waals surface area contributed by atoms with Crippen molar-refractivity contribution in [3.8, 4) is 11.6 Å². The molecule has 0 aliphatic rings. The molecule has 0 unspecified atom stereocenters. The zero-order valence-corrected chi connectivity index (χ0v) is 11.4. The van der Waals surface area contributed by atoms with Crippen molar-refractivity contribution in [2.75, 3.05) is 12.8 Å². The highest BCUT2D eigenvalue weighted by molar-refractivity contribution is 5.88. The number of aromatic nitrogens is 2. The zero-order valence-electron chi connectivity index (χ0n) is 11.4. The fourth-order valence-electron chi connectivity index (χ4n) is 1.70. The summed E-state index contributed by atoms with van der Waals surface area (Å²) in [6.07, 6.45) is 3.64. The zero-order chi connectivity index (χ0) is 14.4. The Morgan fingerprint density at radius 3 is 2.85 bits per heavy atom. The van der Waals surface area contributed by atoms with Crippen molar-refractivity contribution >= 4 is 12.0 Å². The molecular weight excluding hydrogens is 256 g/mol. The summed E-state index contributed by atoms with van der Waals surface area (Å²) >= 11 is 0. The van der Waals surface area contributed by atoms with Gasteiger partial charge in [-0.15, -0.1) is 0 Å². The minimum Gasteiger partial charge on any atom is -0.438 e. The molecular formula is C14H16N4O2. The Balaban J connectivity index is 2.38. The number of nitrogen functional groups attached to an aromatic ring is 1. The van der Waals surface area contributed by atoms with E-state index in [-0.39, 0.29) is 5.82 Å². The Kier molecular flexibility index (Phi) is 4.49. The van der Waals surface area contributed by atoms with Crippen LogP contribution in [-0.2, 0) is 11.3 Å². The highest BCUT2D eigenvalue weighted by Gasteiger charge is 2.11. The number of hydrogen-bond donors (Lipinski definition) is 1. The van der Waals surface area contributed by atoms with Gasteiger partial charge in [-0.1, -0.05) is 30.3 Å². The normalized spacial score (nSPS) is 10.7. The minimum absolute atomic E-state index is 0.282. The van der Waals surface area contributed by atoms with Crippen molar-refractivity contribution < 1.29 is 9.57 Å². The van der Waals surface area contributed by atoms with Crippen molar-refractivity contribution in [1.82, 2.24) is 9.97 Å². The molecule has 0 atom stereocenters. The van der Waals surface area contributed by atoms with Crippen LogP contribution in [0.2, 0.25) is 0 Å². The monoisotopic (exact) mass is 272 g/mol. The Hall–Kier alpha value is -2.63. The van der Waals surface area contributed by atoms with Crippen molar-refractivity contribution in [2.24, 2.45) is 5.16 Å². The Labute approximate surface area is 117 Å². The van der Waals surface area contributed by atoms with E-state index in [0.717, 1.165) is 17.7 Å². The Bertz CT molecular complexity index is 614. The van der Waals surface area contributed by atoms with Crippen LogP contribution in [0.3, 0.4) is 0 Å². The van der Waals surface area contributed by atoms with Crippen molar-refractivity contribution in [3.05, 3.63) is 41.7 Å². The molecule has 2 N–H and O–H groups in total. The van der Waals surface area contributed by atoms with E-state index in [9.17, 15) is 0 Å². The van der Waals surface area contributed by atoms with Crippen LogP contribution >= 0.6 is 0 Å². The average molecular weight is 272 g/mol. The number of ether oxygens (including phenoxy) is 1. The maximum Gasteiger partial charge on any atom is 0.233 e. The van der Waals surface area contributed by atoms with Crippen molar-refractivity contribution in [2.45, 2.75) is 13.3 Å². The maximum absolute atomic E-state index is 5.83. The molecule has 2 aromatic rings. The minimum atomic E-state index is 0.282. The van der Waals surface area contributed by atoms with Gasteiger partial charge in [-0.05, 0) is 18.1 Å². The van der Waals surface area contributed by atoms with Crippen LogP contribution in [0.1, 0.15) is 18.1 Å². The predicted octanol–water partition coefficient (Wildman–Crippen LogP) is 2.39. The summed E-state index contributed by atoms with van der Waals surface area (Å²) < 4.78 is 5.83. The number of aryl methyl sites for hydroxylation is 1. The van der Waals surface area contributed by atoms with E-state index < -0.39 is 0 Å². The number of para-hydroxylation sites is 1. The molecule has 20 heavy (non-hydrogen) atoms. The number of rotatable bonds is 5. The molecule has 0 amide bonds. The van der Waals surface area contributed by atoms with E-state index >= 15 is 0 Å². The van der Waals surface area contributed by atoms with Gasteiger partial charge in [0.25, 0.3) is 0 Å². The molecule has 0 spiro atoms. The molecule has 0 saturated heterocycles. The van der Waals surface area contributed by atoms with Gasteiger partial charge < -0.3 is 15.3 Å². The van der Waals surface area contributed by atoms with Crippen LogP contribution in [-0.4, -0.2) is 23.3 Å². The summed E-state index contributed by atoms with van der Waals surface area (Å²) in [5.74, 6) is 1.36. The summed E-state index contributed by atoms with van der Waals surface area (Å²) in [5.41, 5.74) is 7.38. The second-order valence-electron chi connectivity index (χ2n) is 3.96. The molecule has 0 radical (unpaired) electrons. The maximum atomic E-state index is 5.83. The summed E-state index contributed by atoms with van der Waals surface area (Å²) in [7, 11) is 1.45. The number of nitrogens with zero attached hydrogens (tertiary/aromatic N) is 3. The topological polar surface area (TPSA) is 82.6 Å².